The summed E-state index contributed by atoms with van der Waals surface area (Å²) in [6.45, 7) is 0. The lowest BCUT2D eigenvalue weighted by Gasteiger charge is -2.26. The summed E-state index contributed by atoms with van der Waals surface area (Å²) in [5.41, 5.74) is 0. The van der Waals surface area contributed by atoms with Gasteiger partial charge in [0.05, 0.1) is 14.2 Å². The van der Waals surface area contributed by atoms with E-state index < -0.39 is 24.3 Å². The second-order valence-electron chi connectivity index (χ2n) is 3.18. The summed E-state index contributed by atoms with van der Waals surface area (Å²) in [5.74, 6) is -0.444. The first-order valence-electron chi connectivity index (χ1n) is 4.62. The SMILES string of the molecule is COC(=O)[C@H]1CC[C@@H](OC)N1C(=O)OC. The number of methoxy groups -OCH3 is 3. The monoisotopic (exact) mass is 217 g/mol. The molecule has 0 saturated carbocycles. The Bertz CT molecular complexity index is 255. The summed E-state index contributed by atoms with van der Waals surface area (Å²) >= 11 is 0. The van der Waals surface area contributed by atoms with Crippen LogP contribution in [-0.2, 0) is 19.0 Å². The highest BCUT2D eigenvalue weighted by atomic mass is 16.6. The van der Waals surface area contributed by atoms with Crippen molar-refractivity contribution in [3.05, 3.63) is 0 Å². The first-order chi connectivity index (χ1) is 7.15. The molecule has 0 unspecified atom stereocenters. The maximum atomic E-state index is 11.4. The van der Waals surface area contributed by atoms with Crippen LogP contribution < -0.4 is 0 Å². The Morgan fingerprint density at radius 3 is 2.27 bits per heavy atom. The van der Waals surface area contributed by atoms with Gasteiger partial charge in [-0.25, -0.2) is 9.59 Å². The second kappa shape index (κ2) is 4.97. The fourth-order valence-corrected chi connectivity index (χ4v) is 1.73. The molecule has 1 aliphatic heterocycles. The van der Waals surface area contributed by atoms with Gasteiger partial charge in [0.25, 0.3) is 0 Å². The zero-order valence-electron chi connectivity index (χ0n) is 9.06. The largest absolute Gasteiger partial charge is 0.467 e. The average Bonchev–Trinajstić information content (AvgIpc) is 2.70. The minimum Gasteiger partial charge on any atom is -0.467 e. The van der Waals surface area contributed by atoms with E-state index in [2.05, 4.69) is 9.47 Å². The Balaban J connectivity index is 2.80. The molecule has 1 fully saturated rings. The van der Waals surface area contributed by atoms with Gasteiger partial charge in [-0.15, -0.1) is 0 Å². The van der Waals surface area contributed by atoms with Crippen LogP contribution in [0.5, 0.6) is 0 Å². The van der Waals surface area contributed by atoms with Crippen LogP contribution in [-0.4, -0.2) is 50.6 Å². The third-order valence-corrected chi connectivity index (χ3v) is 2.46. The van der Waals surface area contributed by atoms with Crippen LogP contribution in [0.4, 0.5) is 4.79 Å². The van der Waals surface area contributed by atoms with E-state index in [1.807, 2.05) is 0 Å². The lowest BCUT2D eigenvalue weighted by molar-refractivity contribution is -0.147. The van der Waals surface area contributed by atoms with Crippen molar-refractivity contribution >= 4 is 12.1 Å². The molecular weight excluding hydrogens is 202 g/mol. The van der Waals surface area contributed by atoms with Crippen LogP contribution >= 0.6 is 0 Å². The number of carbonyl (C=O) groups excluding carboxylic acids is 2. The predicted molar refractivity (Wildman–Crippen MR) is 50.1 cm³/mol. The zero-order valence-corrected chi connectivity index (χ0v) is 9.06. The van der Waals surface area contributed by atoms with Gasteiger partial charge in [-0.05, 0) is 12.8 Å². The molecule has 0 aromatic rings. The minimum atomic E-state index is -0.604. The molecule has 1 aliphatic rings. The van der Waals surface area contributed by atoms with Crippen molar-refractivity contribution in [1.82, 2.24) is 4.90 Å². The van der Waals surface area contributed by atoms with Crippen LogP contribution in [0.15, 0.2) is 0 Å². The van der Waals surface area contributed by atoms with Gasteiger partial charge in [-0.3, -0.25) is 4.90 Å². The maximum absolute atomic E-state index is 11.4. The molecule has 0 aliphatic carbocycles. The van der Waals surface area contributed by atoms with Crippen LogP contribution in [0, 0.1) is 0 Å². The van der Waals surface area contributed by atoms with Gasteiger partial charge in [-0.2, -0.15) is 0 Å². The van der Waals surface area contributed by atoms with Gasteiger partial charge in [0.15, 0.2) is 0 Å². The Kier molecular flexibility index (Phi) is 3.90. The first-order valence-corrected chi connectivity index (χ1v) is 4.62. The lowest BCUT2D eigenvalue weighted by Crippen LogP contribution is -2.45. The van der Waals surface area contributed by atoms with Crippen molar-refractivity contribution in [2.45, 2.75) is 25.1 Å². The van der Waals surface area contributed by atoms with Crippen molar-refractivity contribution in [3.8, 4) is 0 Å². The number of amides is 1. The van der Waals surface area contributed by atoms with Crippen LogP contribution in [0.25, 0.3) is 0 Å². The van der Waals surface area contributed by atoms with E-state index >= 15 is 0 Å². The highest BCUT2D eigenvalue weighted by Crippen LogP contribution is 2.26. The van der Waals surface area contributed by atoms with Gasteiger partial charge in [0, 0.05) is 7.11 Å². The Morgan fingerprint density at radius 2 is 1.80 bits per heavy atom. The molecule has 0 N–H and O–H groups in total. The zero-order chi connectivity index (χ0) is 11.4. The molecule has 0 radical (unpaired) electrons. The molecule has 0 spiro atoms. The smallest absolute Gasteiger partial charge is 0.412 e. The molecule has 1 rings (SSSR count). The highest BCUT2D eigenvalue weighted by Gasteiger charge is 2.42. The average molecular weight is 217 g/mol. The summed E-state index contributed by atoms with van der Waals surface area (Å²) in [4.78, 5) is 24.1. The molecule has 0 aromatic carbocycles. The van der Waals surface area contributed by atoms with Gasteiger partial charge in [0.2, 0.25) is 0 Å². The fourth-order valence-electron chi connectivity index (χ4n) is 1.73. The predicted octanol–water partition coefficient (Wildman–Crippen LogP) is 0.363. The van der Waals surface area contributed by atoms with Crippen molar-refractivity contribution in [1.29, 1.82) is 0 Å². The summed E-state index contributed by atoms with van der Waals surface area (Å²) in [7, 11) is 4.04. The standard InChI is InChI=1S/C9H15NO5/c1-13-7-5-4-6(8(11)14-2)10(7)9(12)15-3/h6-7H,4-5H2,1-3H3/t6-,7-/m1/s1. The van der Waals surface area contributed by atoms with Crippen LogP contribution in [0.2, 0.25) is 0 Å². The van der Waals surface area contributed by atoms with Crippen molar-refractivity contribution in [2.24, 2.45) is 0 Å². The summed E-state index contributed by atoms with van der Waals surface area (Å²) < 4.78 is 14.3. The summed E-state index contributed by atoms with van der Waals surface area (Å²) in [5, 5.41) is 0. The van der Waals surface area contributed by atoms with E-state index in [9.17, 15) is 9.59 Å². The number of likely N-dealkylation sites (tertiary alicyclic amines) is 1. The third kappa shape index (κ3) is 2.20. The van der Waals surface area contributed by atoms with Gasteiger partial charge in [-0.1, -0.05) is 0 Å². The molecule has 86 valence electrons. The number of hydrogen-bond donors (Lipinski definition) is 0. The van der Waals surface area contributed by atoms with Gasteiger partial charge < -0.3 is 14.2 Å². The fraction of sp³-hybridized carbons (Fsp3) is 0.778. The van der Waals surface area contributed by atoms with Crippen LogP contribution in [0.1, 0.15) is 12.8 Å². The molecule has 15 heavy (non-hydrogen) atoms. The maximum Gasteiger partial charge on any atom is 0.412 e. The van der Waals surface area contributed by atoms with Crippen LogP contribution in [0.3, 0.4) is 0 Å². The van der Waals surface area contributed by atoms with E-state index in [0.717, 1.165) is 0 Å². The van der Waals surface area contributed by atoms with Gasteiger partial charge in [0.1, 0.15) is 12.3 Å². The third-order valence-electron chi connectivity index (χ3n) is 2.46. The molecule has 0 bridgehead atoms. The number of esters is 1. The van der Waals surface area contributed by atoms with Gasteiger partial charge >= 0.3 is 12.1 Å². The second-order valence-corrected chi connectivity index (χ2v) is 3.18. The number of ether oxygens (including phenoxy) is 3. The summed E-state index contributed by atoms with van der Waals surface area (Å²) in [6.07, 6.45) is 0.141. The van der Waals surface area contributed by atoms with E-state index in [4.69, 9.17) is 4.74 Å². The molecule has 1 heterocycles. The number of nitrogens with zero attached hydrogens (tertiary/aromatic N) is 1. The summed E-state index contributed by atoms with van der Waals surface area (Å²) in [6, 6.07) is -0.604. The lowest BCUT2D eigenvalue weighted by atomic mass is 10.2. The normalized spacial score (nSPS) is 25.1. The first kappa shape index (κ1) is 11.8. The molecule has 0 aromatic heterocycles. The number of carbonyl (C=O) groups is 2. The quantitative estimate of drug-likeness (QED) is 0.625. The molecule has 6 heteroatoms. The molecular formula is C9H15NO5. The Labute approximate surface area is 88.1 Å². The highest BCUT2D eigenvalue weighted by molar-refractivity contribution is 5.82. The molecule has 2 atom stereocenters. The van der Waals surface area contributed by atoms with E-state index in [0.29, 0.717) is 12.8 Å². The number of hydrogen-bond acceptors (Lipinski definition) is 5. The number of rotatable bonds is 2. The van der Waals surface area contributed by atoms with Crippen molar-refractivity contribution < 1.29 is 23.8 Å². The van der Waals surface area contributed by atoms with E-state index in [1.165, 1.54) is 26.2 Å². The topological polar surface area (TPSA) is 65.1 Å². The van der Waals surface area contributed by atoms with Crippen molar-refractivity contribution in [3.63, 3.8) is 0 Å². The molecule has 1 amide bonds. The molecule has 6 nitrogen and oxygen atoms in total. The van der Waals surface area contributed by atoms with E-state index in [-0.39, 0.29) is 0 Å². The molecule has 1 saturated heterocycles. The van der Waals surface area contributed by atoms with E-state index in [1.54, 1.807) is 0 Å². The minimum absolute atomic E-state index is 0.415. The Hall–Kier alpha value is -1.30. The van der Waals surface area contributed by atoms with Crippen molar-refractivity contribution in [2.75, 3.05) is 21.3 Å². The Morgan fingerprint density at radius 1 is 1.13 bits per heavy atom.